The molecule has 1 N–H and O–H groups in total. The molecule has 4 aromatic heterocycles. The standard InChI is InChI=1S/C20H15N5OS/c26-20-19-14(13-5-8-21-9-6-13)12-27-17(19)11-22-25(20)10-7-18-23-15-3-1-2-4-16(15)24-18/h1-6,8-9,11-12H,7,10H2,(H,23,24). The average Bonchev–Trinajstić information content (AvgIpc) is 3.32. The van der Waals surface area contributed by atoms with Crippen LogP contribution in [0.1, 0.15) is 5.82 Å². The summed E-state index contributed by atoms with van der Waals surface area (Å²) in [5.74, 6) is 0.852. The van der Waals surface area contributed by atoms with Crippen molar-refractivity contribution in [2.24, 2.45) is 0 Å². The molecule has 0 bridgehead atoms. The molecule has 4 heterocycles. The summed E-state index contributed by atoms with van der Waals surface area (Å²) in [4.78, 5) is 25.0. The van der Waals surface area contributed by atoms with Gasteiger partial charge in [0.15, 0.2) is 0 Å². The number of benzene rings is 1. The Morgan fingerprint density at radius 1 is 1.11 bits per heavy atom. The number of thiophene rings is 1. The van der Waals surface area contributed by atoms with Crippen molar-refractivity contribution in [3.63, 3.8) is 0 Å². The predicted octanol–water partition coefficient (Wildman–Crippen LogP) is 3.64. The van der Waals surface area contributed by atoms with Crippen LogP contribution in [0.5, 0.6) is 0 Å². The Morgan fingerprint density at radius 3 is 2.81 bits per heavy atom. The Kier molecular flexibility index (Phi) is 3.79. The zero-order valence-corrected chi connectivity index (χ0v) is 15.1. The van der Waals surface area contributed by atoms with Gasteiger partial charge in [-0.15, -0.1) is 11.3 Å². The molecular weight excluding hydrogens is 358 g/mol. The van der Waals surface area contributed by atoms with E-state index in [9.17, 15) is 4.79 Å². The smallest absolute Gasteiger partial charge is 0.276 e. The number of nitrogens with one attached hydrogen (secondary N) is 1. The van der Waals surface area contributed by atoms with Crippen LogP contribution in [0, 0.1) is 0 Å². The van der Waals surface area contributed by atoms with Gasteiger partial charge < -0.3 is 4.98 Å². The molecule has 1 aromatic carbocycles. The number of hydrogen-bond donors (Lipinski definition) is 1. The number of pyridine rings is 1. The molecule has 0 aliphatic carbocycles. The lowest BCUT2D eigenvalue weighted by atomic mass is 10.1. The van der Waals surface area contributed by atoms with Crippen LogP contribution in [0.15, 0.2) is 65.2 Å². The number of aryl methyl sites for hydroxylation is 2. The van der Waals surface area contributed by atoms with Crippen molar-refractivity contribution >= 4 is 32.5 Å². The van der Waals surface area contributed by atoms with Crippen molar-refractivity contribution < 1.29 is 0 Å². The molecule has 0 aliphatic rings. The number of fused-ring (bicyclic) bond motifs is 2. The molecule has 27 heavy (non-hydrogen) atoms. The Morgan fingerprint density at radius 2 is 1.96 bits per heavy atom. The number of para-hydroxylation sites is 2. The predicted molar refractivity (Wildman–Crippen MR) is 107 cm³/mol. The minimum atomic E-state index is -0.0725. The van der Waals surface area contributed by atoms with E-state index < -0.39 is 0 Å². The van der Waals surface area contributed by atoms with Gasteiger partial charge in [-0.25, -0.2) is 9.67 Å². The minimum Gasteiger partial charge on any atom is -0.342 e. The molecule has 0 spiro atoms. The number of aromatic nitrogens is 5. The molecule has 0 aliphatic heterocycles. The van der Waals surface area contributed by atoms with E-state index >= 15 is 0 Å². The second-order valence-electron chi connectivity index (χ2n) is 6.25. The van der Waals surface area contributed by atoms with Gasteiger partial charge in [0.1, 0.15) is 5.82 Å². The SMILES string of the molecule is O=c1c2c(-c3ccncc3)csc2cnn1CCc1nc2ccccc2[nH]1. The number of hydrogen-bond acceptors (Lipinski definition) is 5. The first kappa shape index (κ1) is 15.9. The highest BCUT2D eigenvalue weighted by atomic mass is 32.1. The summed E-state index contributed by atoms with van der Waals surface area (Å²) in [6.07, 6.45) is 5.85. The van der Waals surface area contributed by atoms with E-state index in [1.807, 2.05) is 41.8 Å². The maximum absolute atomic E-state index is 13.0. The van der Waals surface area contributed by atoms with Gasteiger partial charge in [-0.3, -0.25) is 9.78 Å². The van der Waals surface area contributed by atoms with Gasteiger partial charge in [0.25, 0.3) is 5.56 Å². The fourth-order valence-corrected chi connectivity index (χ4v) is 4.15. The highest BCUT2D eigenvalue weighted by Crippen LogP contribution is 2.30. The lowest BCUT2D eigenvalue weighted by molar-refractivity contribution is 0.575. The van der Waals surface area contributed by atoms with Gasteiger partial charge in [-0.05, 0) is 29.8 Å². The van der Waals surface area contributed by atoms with Crippen LogP contribution in [-0.4, -0.2) is 24.7 Å². The van der Waals surface area contributed by atoms with E-state index in [4.69, 9.17) is 0 Å². The van der Waals surface area contributed by atoms with Crippen molar-refractivity contribution in [3.05, 3.63) is 76.5 Å². The van der Waals surface area contributed by atoms with Crippen LogP contribution in [0.25, 0.3) is 32.2 Å². The molecule has 6 nitrogen and oxygen atoms in total. The maximum Gasteiger partial charge on any atom is 0.276 e. The van der Waals surface area contributed by atoms with Crippen LogP contribution in [-0.2, 0) is 13.0 Å². The number of aromatic amines is 1. The molecule has 132 valence electrons. The van der Waals surface area contributed by atoms with Crippen LogP contribution >= 0.6 is 11.3 Å². The number of imidazole rings is 1. The minimum absolute atomic E-state index is 0.0725. The van der Waals surface area contributed by atoms with Crippen molar-refractivity contribution in [1.82, 2.24) is 24.7 Å². The second kappa shape index (κ2) is 6.44. The van der Waals surface area contributed by atoms with Crippen molar-refractivity contribution in [2.75, 3.05) is 0 Å². The number of rotatable bonds is 4. The molecule has 0 radical (unpaired) electrons. The first-order valence-corrected chi connectivity index (χ1v) is 9.49. The fourth-order valence-electron chi connectivity index (χ4n) is 3.23. The van der Waals surface area contributed by atoms with Crippen LogP contribution in [0.4, 0.5) is 0 Å². The first-order chi connectivity index (χ1) is 13.3. The van der Waals surface area contributed by atoms with Crippen LogP contribution < -0.4 is 5.56 Å². The Labute approximate surface area is 158 Å². The molecule has 0 fully saturated rings. The summed E-state index contributed by atoms with van der Waals surface area (Å²) < 4.78 is 2.42. The summed E-state index contributed by atoms with van der Waals surface area (Å²) in [6, 6.07) is 11.7. The van der Waals surface area contributed by atoms with Gasteiger partial charge in [-0.1, -0.05) is 12.1 Å². The molecular formula is C20H15N5OS. The largest absolute Gasteiger partial charge is 0.342 e. The highest BCUT2D eigenvalue weighted by Gasteiger charge is 2.13. The Hall–Kier alpha value is -3.32. The van der Waals surface area contributed by atoms with E-state index in [1.165, 1.54) is 16.0 Å². The lowest BCUT2D eigenvalue weighted by Gasteiger charge is -2.04. The summed E-state index contributed by atoms with van der Waals surface area (Å²) in [5, 5.41) is 7.06. The van der Waals surface area contributed by atoms with Gasteiger partial charge in [0.05, 0.1) is 33.9 Å². The maximum atomic E-state index is 13.0. The van der Waals surface area contributed by atoms with E-state index in [2.05, 4.69) is 20.1 Å². The summed E-state index contributed by atoms with van der Waals surface area (Å²) in [6.45, 7) is 0.472. The summed E-state index contributed by atoms with van der Waals surface area (Å²) in [5.41, 5.74) is 3.78. The quantitative estimate of drug-likeness (QED) is 0.522. The Balaban J connectivity index is 1.50. The summed E-state index contributed by atoms with van der Waals surface area (Å²) in [7, 11) is 0. The molecule has 7 heteroatoms. The van der Waals surface area contributed by atoms with E-state index in [0.29, 0.717) is 18.4 Å². The van der Waals surface area contributed by atoms with Gasteiger partial charge in [0.2, 0.25) is 0 Å². The molecule has 0 saturated carbocycles. The second-order valence-corrected chi connectivity index (χ2v) is 7.16. The molecule has 0 amide bonds. The van der Waals surface area contributed by atoms with Crippen LogP contribution in [0.3, 0.4) is 0 Å². The fraction of sp³-hybridized carbons (Fsp3) is 0.100. The molecule has 0 atom stereocenters. The summed E-state index contributed by atoms with van der Waals surface area (Å²) >= 11 is 1.53. The molecule has 0 unspecified atom stereocenters. The van der Waals surface area contributed by atoms with Crippen LogP contribution in [0.2, 0.25) is 0 Å². The number of H-pyrrole nitrogens is 1. The first-order valence-electron chi connectivity index (χ1n) is 8.61. The third-order valence-corrected chi connectivity index (χ3v) is 5.49. The topological polar surface area (TPSA) is 76.5 Å². The zero-order chi connectivity index (χ0) is 18.2. The third kappa shape index (κ3) is 2.82. The lowest BCUT2D eigenvalue weighted by Crippen LogP contribution is -2.23. The highest BCUT2D eigenvalue weighted by molar-refractivity contribution is 7.17. The molecule has 0 saturated heterocycles. The van der Waals surface area contributed by atoms with Gasteiger partial charge in [-0.2, -0.15) is 5.10 Å². The molecule has 5 rings (SSSR count). The average molecular weight is 373 g/mol. The molecule has 5 aromatic rings. The Bertz CT molecular complexity index is 1270. The van der Waals surface area contributed by atoms with Crippen molar-refractivity contribution in [3.8, 4) is 11.1 Å². The van der Waals surface area contributed by atoms with E-state index in [0.717, 1.165) is 32.7 Å². The zero-order valence-electron chi connectivity index (χ0n) is 14.3. The van der Waals surface area contributed by atoms with Crippen molar-refractivity contribution in [2.45, 2.75) is 13.0 Å². The third-order valence-electron chi connectivity index (χ3n) is 4.57. The number of nitrogens with zero attached hydrogens (tertiary/aromatic N) is 4. The van der Waals surface area contributed by atoms with Crippen molar-refractivity contribution in [1.29, 1.82) is 0 Å². The normalized spacial score (nSPS) is 11.4. The van der Waals surface area contributed by atoms with E-state index in [1.54, 1.807) is 18.6 Å². The monoisotopic (exact) mass is 373 g/mol. The van der Waals surface area contributed by atoms with Gasteiger partial charge in [0, 0.05) is 29.8 Å². The van der Waals surface area contributed by atoms with Gasteiger partial charge >= 0.3 is 0 Å². The van der Waals surface area contributed by atoms with E-state index in [-0.39, 0.29) is 5.56 Å².